The Kier molecular flexibility index (Phi) is 13.1. The molecule has 0 spiro atoms. The van der Waals surface area contributed by atoms with E-state index in [-0.39, 0.29) is 48.0 Å². The van der Waals surface area contributed by atoms with Gasteiger partial charge in [0.05, 0.1) is 19.2 Å². The predicted octanol–water partition coefficient (Wildman–Crippen LogP) is 2.50. The van der Waals surface area contributed by atoms with E-state index in [1.165, 1.54) is 0 Å². The summed E-state index contributed by atoms with van der Waals surface area (Å²) in [5, 5.41) is 18.9. The second-order valence-corrected chi connectivity index (χ2v) is 8.85. The first kappa shape index (κ1) is 28.2. The number of halogens is 1. The first-order valence-corrected chi connectivity index (χ1v) is 10.3. The summed E-state index contributed by atoms with van der Waals surface area (Å²) < 4.78 is 10.9. The van der Waals surface area contributed by atoms with Crippen molar-refractivity contribution in [3.8, 4) is 0 Å². The number of carbonyl (C=O) groups excluding carboxylic acids is 1. The second kappa shape index (κ2) is 13.5. The highest BCUT2D eigenvalue weighted by molar-refractivity contribution is 14.0. The van der Waals surface area contributed by atoms with Crippen LogP contribution in [0.3, 0.4) is 0 Å². The van der Waals surface area contributed by atoms with Gasteiger partial charge in [0.2, 0.25) is 0 Å². The van der Waals surface area contributed by atoms with E-state index in [4.69, 9.17) is 14.5 Å². The van der Waals surface area contributed by atoms with Crippen molar-refractivity contribution in [3.05, 3.63) is 0 Å². The van der Waals surface area contributed by atoms with Crippen LogP contribution in [0, 0.1) is 11.3 Å². The van der Waals surface area contributed by atoms with Crippen molar-refractivity contribution in [1.29, 1.82) is 0 Å². The van der Waals surface area contributed by atoms with Gasteiger partial charge in [0.1, 0.15) is 5.60 Å². The number of aliphatic imine (C=N–C) groups is 1. The smallest absolute Gasteiger partial charge is 0.407 e. The van der Waals surface area contributed by atoms with Crippen LogP contribution in [0.1, 0.15) is 54.4 Å². The highest BCUT2D eigenvalue weighted by Crippen LogP contribution is 2.32. The van der Waals surface area contributed by atoms with Crippen LogP contribution in [0.4, 0.5) is 4.79 Å². The fourth-order valence-electron chi connectivity index (χ4n) is 3.00. The van der Waals surface area contributed by atoms with E-state index >= 15 is 0 Å². The van der Waals surface area contributed by atoms with E-state index in [1.807, 2.05) is 27.7 Å². The van der Waals surface area contributed by atoms with Crippen molar-refractivity contribution in [2.45, 2.75) is 66.0 Å². The summed E-state index contributed by atoms with van der Waals surface area (Å²) in [5.74, 6) is 0.926. The van der Waals surface area contributed by atoms with Gasteiger partial charge in [0.25, 0.3) is 0 Å². The molecule has 0 saturated carbocycles. The molecule has 0 radical (unpaired) electrons. The molecule has 0 aromatic heterocycles. The Morgan fingerprint density at radius 2 is 2.00 bits per heavy atom. The Morgan fingerprint density at radius 3 is 2.48 bits per heavy atom. The zero-order valence-electron chi connectivity index (χ0n) is 18.8. The van der Waals surface area contributed by atoms with Gasteiger partial charge in [-0.15, -0.1) is 24.0 Å². The molecule has 1 saturated heterocycles. The molecule has 29 heavy (non-hydrogen) atoms. The van der Waals surface area contributed by atoms with Gasteiger partial charge in [-0.2, -0.15) is 0 Å². The molecule has 4 N–H and O–H groups in total. The first-order valence-electron chi connectivity index (χ1n) is 10.3. The first-order chi connectivity index (χ1) is 13.1. The number of hydrogen-bond acceptors (Lipinski definition) is 5. The zero-order chi connectivity index (χ0) is 21.2. The molecule has 0 bridgehead atoms. The summed E-state index contributed by atoms with van der Waals surface area (Å²) in [6.07, 6.45) is 1.18. The van der Waals surface area contributed by atoms with E-state index in [0.29, 0.717) is 38.7 Å². The Labute approximate surface area is 193 Å². The number of nitrogens with zero attached hydrogens (tertiary/aromatic N) is 1. The largest absolute Gasteiger partial charge is 0.444 e. The van der Waals surface area contributed by atoms with Crippen molar-refractivity contribution < 1.29 is 19.4 Å². The third-order valence-corrected chi connectivity index (χ3v) is 4.74. The summed E-state index contributed by atoms with van der Waals surface area (Å²) >= 11 is 0. The number of hydrogen-bond donors (Lipinski definition) is 4. The van der Waals surface area contributed by atoms with Crippen molar-refractivity contribution in [3.63, 3.8) is 0 Å². The number of amides is 1. The number of aliphatic hydroxyl groups excluding tert-OH is 1. The van der Waals surface area contributed by atoms with Crippen LogP contribution in [-0.4, -0.2) is 68.3 Å². The number of rotatable bonds is 9. The Morgan fingerprint density at radius 1 is 1.31 bits per heavy atom. The normalized spacial score (nSPS) is 20.8. The molecule has 2 atom stereocenters. The molecule has 1 aliphatic rings. The van der Waals surface area contributed by atoms with Crippen molar-refractivity contribution in [2.24, 2.45) is 16.3 Å². The molecule has 1 heterocycles. The maximum atomic E-state index is 12.1. The number of nitrogens with one attached hydrogen (secondary N) is 3. The number of ether oxygens (including phenoxy) is 2. The van der Waals surface area contributed by atoms with E-state index in [1.54, 1.807) is 0 Å². The lowest BCUT2D eigenvalue weighted by Crippen LogP contribution is -2.50. The number of alkyl carbamates (subject to hydrolysis) is 1. The molecule has 0 aliphatic carbocycles. The van der Waals surface area contributed by atoms with E-state index < -0.39 is 11.7 Å². The average molecular weight is 528 g/mol. The summed E-state index contributed by atoms with van der Waals surface area (Å²) in [7, 11) is 0. The standard InChI is InChI=1S/C20H40N4O4.HI/c1-7-21-17(23-13-20(8-10-25)9-11-27-14-20)22-12-16(15(2)3)24-18(26)28-19(4,5)6;/h15-16,25H,7-14H2,1-6H3,(H,24,26)(H2,21,22,23);1H. The molecule has 0 aromatic carbocycles. The molecule has 172 valence electrons. The highest BCUT2D eigenvalue weighted by atomic mass is 127. The number of carbonyl (C=O) groups is 1. The molecular formula is C20H41IN4O4. The van der Waals surface area contributed by atoms with Crippen LogP contribution >= 0.6 is 24.0 Å². The third kappa shape index (κ3) is 11.2. The minimum absolute atomic E-state index is 0. The van der Waals surface area contributed by atoms with Gasteiger partial charge in [-0.1, -0.05) is 13.8 Å². The minimum atomic E-state index is -0.528. The molecule has 1 aliphatic heterocycles. The van der Waals surface area contributed by atoms with Crippen molar-refractivity contribution >= 4 is 36.0 Å². The molecule has 9 heteroatoms. The summed E-state index contributed by atoms with van der Waals surface area (Å²) in [5.41, 5.74) is -0.622. The van der Waals surface area contributed by atoms with Gasteiger partial charge in [0.15, 0.2) is 5.96 Å². The highest BCUT2D eigenvalue weighted by Gasteiger charge is 2.34. The fraction of sp³-hybridized carbons (Fsp3) is 0.900. The molecule has 1 rings (SSSR count). The summed E-state index contributed by atoms with van der Waals surface area (Å²) in [6.45, 7) is 15.0. The van der Waals surface area contributed by atoms with Crippen molar-refractivity contribution in [2.75, 3.05) is 39.5 Å². The fourth-order valence-corrected chi connectivity index (χ4v) is 3.00. The SMILES string of the molecule is CCNC(=NCC1(CCO)CCOC1)NCC(NC(=O)OC(C)(C)C)C(C)C.I. The molecule has 0 aromatic rings. The molecule has 2 unspecified atom stereocenters. The lowest BCUT2D eigenvalue weighted by atomic mass is 9.84. The van der Waals surface area contributed by atoms with Gasteiger partial charge in [-0.05, 0) is 46.5 Å². The summed E-state index contributed by atoms with van der Waals surface area (Å²) in [4.78, 5) is 16.8. The predicted molar refractivity (Wildman–Crippen MR) is 127 cm³/mol. The topological polar surface area (TPSA) is 104 Å². The monoisotopic (exact) mass is 528 g/mol. The Hall–Kier alpha value is -0.810. The quantitative estimate of drug-likeness (QED) is 0.208. The van der Waals surface area contributed by atoms with Crippen LogP contribution in [0.25, 0.3) is 0 Å². The zero-order valence-corrected chi connectivity index (χ0v) is 21.2. The maximum absolute atomic E-state index is 12.1. The molecular weight excluding hydrogens is 487 g/mol. The Bertz CT molecular complexity index is 503. The minimum Gasteiger partial charge on any atom is -0.444 e. The lowest BCUT2D eigenvalue weighted by molar-refractivity contribution is 0.0491. The molecule has 1 amide bonds. The van der Waals surface area contributed by atoms with E-state index in [0.717, 1.165) is 13.0 Å². The van der Waals surface area contributed by atoms with Crippen LogP contribution in [0.2, 0.25) is 0 Å². The van der Waals surface area contributed by atoms with Crippen molar-refractivity contribution in [1.82, 2.24) is 16.0 Å². The van der Waals surface area contributed by atoms with Crippen LogP contribution in [-0.2, 0) is 9.47 Å². The van der Waals surface area contributed by atoms with Gasteiger partial charge < -0.3 is 30.5 Å². The lowest BCUT2D eigenvalue weighted by Gasteiger charge is -2.27. The van der Waals surface area contributed by atoms with Crippen LogP contribution in [0.5, 0.6) is 0 Å². The molecule has 1 fully saturated rings. The Balaban J connectivity index is 0.00000784. The third-order valence-electron chi connectivity index (χ3n) is 4.74. The summed E-state index contributed by atoms with van der Waals surface area (Å²) in [6, 6.07) is -0.0973. The van der Waals surface area contributed by atoms with Gasteiger partial charge >= 0.3 is 6.09 Å². The van der Waals surface area contributed by atoms with E-state index in [2.05, 4.69) is 29.8 Å². The average Bonchev–Trinajstić information content (AvgIpc) is 3.03. The van der Waals surface area contributed by atoms with Gasteiger partial charge in [-0.3, -0.25) is 4.99 Å². The van der Waals surface area contributed by atoms with E-state index in [9.17, 15) is 9.90 Å². The maximum Gasteiger partial charge on any atom is 0.407 e. The van der Waals surface area contributed by atoms with Crippen LogP contribution < -0.4 is 16.0 Å². The van der Waals surface area contributed by atoms with Gasteiger partial charge in [-0.25, -0.2) is 4.79 Å². The number of aliphatic hydroxyl groups is 1. The second-order valence-electron chi connectivity index (χ2n) is 8.85. The van der Waals surface area contributed by atoms with Gasteiger partial charge in [0, 0.05) is 31.7 Å². The molecule has 8 nitrogen and oxygen atoms in total. The van der Waals surface area contributed by atoms with Crippen LogP contribution in [0.15, 0.2) is 4.99 Å². The number of guanidine groups is 1.